The largest absolute Gasteiger partial charge is 0.490 e. The Balaban J connectivity index is 1.49. The third-order valence-electron chi connectivity index (χ3n) is 5.75. The Bertz CT molecular complexity index is 1080. The van der Waals surface area contributed by atoms with Crippen molar-refractivity contribution in [3.8, 4) is 0 Å². The van der Waals surface area contributed by atoms with Crippen LogP contribution in [0.3, 0.4) is 0 Å². The van der Waals surface area contributed by atoms with E-state index in [1.807, 2.05) is 0 Å². The monoisotopic (exact) mass is 464 g/mol. The molecule has 1 aliphatic heterocycles. The first-order chi connectivity index (χ1) is 16.5. The molecule has 3 aromatic rings. The summed E-state index contributed by atoms with van der Waals surface area (Å²) < 4.78 is 18.6. The first kappa shape index (κ1) is 23.8. The molecule has 0 saturated carbocycles. The van der Waals surface area contributed by atoms with Crippen LogP contribution in [-0.4, -0.2) is 52.8 Å². The number of carbonyl (C=O) groups excluding carboxylic acids is 1. The van der Waals surface area contributed by atoms with E-state index in [2.05, 4.69) is 20.2 Å². The fourth-order valence-electron chi connectivity index (χ4n) is 3.80. The van der Waals surface area contributed by atoms with Crippen molar-refractivity contribution in [3.05, 3.63) is 78.0 Å². The lowest BCUT2D eigenvalue weighted by atomic mass is 9.82. The number of nitrogens with one attached hydrogen (secondary N) is 1. The molecule has 1 amide bonds. The number of rotatable bonds is 8. The van der Waals surface area contributed by atoms with Crippen LogP contribution in [0, 0.1) is 11.7 Å². The zero-order chi connectivity index (χ0) is 23.9. The highest BCUT2D eigenvalue weighted by atomic mass is 19.1. The molecule has 34 heavy (non-hydrogen) atoms. The number of carbonyl (C=O) groups is 1. The Hall–Kier alpha value is -3.34. The van der Waals surface area contributed by atoms with Crippen LogP contribution in [0.5, 0.6) is 0 Å². The number of pyridine rings is 2. The number of aromatic nitrogens is 2. The topological polar surface area (TPSA) is 108 Å². The van der Waals surface area contributed by atoms with Crippen LogP contribution in [-0.2, 0) is 11.3 Å². The molecule has 10 heteroatoms. The number of benzene rings is 1. The van der Waals surface area contributed by atoms with Crippen molar-refractivity contribution in [3.63, 3.8) is 0 Å². The zero-order valence-electron chi connectivity index (χ0n) is 18.6. The Morgan fingerprint density at radius 2 is 1.82 bits per heavy atom. The first-order valence-corrected chi connectivity index (χ1v) is 11.1. The molecule has 3 N–H and O–H groups in total. The molecule has 0 aliphatic carbocycles. The van der Waals surface area contributed by atoms with E-state index in [0.717, 1.165) is 38.3 Å². The van der Waals surface area contributed by atoms with Crippen molar-refractivity contribution < 1.29 is 24.0 Å². The summed E-state index contributed by atoms with van der Waals surface area (Å²) in [6.07, 6.45) is 4.88. The number of hydrogen-bond acceptors (Lipinski definition) is 7. The van der Waals surface area contributed by atoms with Crippen LogP contribution in [0.4, 0.5) is 15.9 Å². The molecule has 4 rings (SSSR count). The van der Waals surface area contributed by atoms with Gasteiger partial charge in [-0.1, -0.05) is 6.07 Å². The Labute approximate surface area is 197 Å². The second kappa shape index (κ2) is 11.2. The molecule has 0 spiro atoms. The van der Waals surface area contributed by atoms with Crippen LogP contribution < -0.4 is 15.7 Å². The summed E-state index contributed by atoms with van der Waals surface area (Å²) in [4.78, 5) is 23.5. The number of halogens is 1. The van der Waals surface area contributed by atoms with E-state index in [-0.39, 0.29) is 11.7 Å². The van der Waals surface area contributed by atoms with Crippen LogP contribution in [0.2, 0.25) is 0 Å². The zero-order valence-corrected chi connectivity index (χ0v) is 18.6. The van der Waals surface area contributed by atoms with Gasteiger partial charge in [0.1, 0.15) is 11.6 Å². The number of ether oxygens (including phenoxy) is 1. The van der Waals surface area contributed by atoms with Crippen molar-refractivity contribution in [1.82, 2.24) is 9.97 Å². The second-order valence-corrected chi connectivity index (χ2v) is 8.26. The summed E-state index contributed by atoms with van der Waals surface area (Å²) in [5, 5.41) is 21.3. The molecule has 8 nitrogen and oxygen atoms in total. The number of amides is 1. The molecule has 0 bridgehead atoms. The third-order valence-corrected chi connectivity index (χ3v) is 5.75. The highest BCUT2D eigenvalue weighted by Gasteiger charge is 2.20. The van der Waals surface area contributed by atoms with Gasteiger partial charge in [-0.05, 0) is 61.2 Å². The van der Waals surface area contributed by atoms with Gasteiger partial charge in [0.15, 0.2) is 0 Å². The Morgan fingerprint density at radius 3 is 2.44 bits per heavy atom. The SMILES string of the molecule is O=C(Nc1ccc(F)cc1)c1ccc(N(Cc2ccc(B(O)O)cn2)CC2CCOCC2)nc1. The van der Waals surface area contributed by atoms with Gasteiger partial charge in [-0.2, -0.15) is 0 Å². The minimum atomic E-state index is -1.56. The summed E-state index contributed by atoms with van der Waals surface area (Å²) in [5.74, 6) is 0.445. The van der Waals surface area contributed by atoms with E-state index in [1.165, 1.54) is 36.7 Å². The lowest BCUT2D eigenvalue weighted by molar-refractivity contribution is 0.0680. The maximum absolute atomic E-state index is 13.1. The van der Waals surface area contributed by atoms with Crippen molar-refractivity contribution in [2.45, 2.75) is 19.4 Å². The first-order valence-electron chi connectivity index (χ1n) is 11.1. The van der Waals surface area contributed by atoms with Gasteiger partial charge in [-0.25, -0.2) is 9.37 Å². The maximum atomic E-state index is 13.1. The normalized spacial score (nSPS) is 14.0. The minimum absolute atomic E-state index is 0.328. The Kier molecular flexibility index (Phi) is 7.84. The van der Waals surface area contributed by atoms with E-state index < -0.39 is 7.12 Å². The molecule has 0 atom stereocenters. The molecular weight excluding hydrogens is 438 g/mol. The standard InChI is InChI=1S/C24H26BFN4O4/c26-20-3-6-21(7-4-20)29-24(31)18-1-8-23(28-13-18)30(15-17-9-11-34-12-10-17)16-22-5-2-19(14-27-22)25(32)33/h1-8,13-14,17,32-33H,9-12,15-16H2,(H,29,31). The van der Waals surface area contributed by atoms with Crippen molar-refractivity contribution in [1.29, 1.82) is 0 Å². The van der Waals surface area contributed by atoms with Gasteiger partial charge in [0.05, 0.1) is 17.8 Å². The highest BCUT2D eigenvalue weighted by molar-refractivity contribution is 6.58. The number of nitrogens with zero attached hydrogens (tertiary/aromatic N) is 3. The van der Waals surface area contributed by atoms with E-state index >= 15 is 0 Å². The van der Waals surface area contributed by atoms with Gasteiger partial charge in [-0.3, -0.25) is 9.78 Å². The quantitative estimate of drug-likeness (QED) is 0.438. The predicted octanol–water partition coefficient (Wildman–Crippen LogP) is 1.98. The van der Waals surface area contributed by atoms with Crippen LogP contribution >= 0.6 is 0 Å². The lowest BCUT2D eigenvalue weighted by Gasteiger charge is -2.30. The van der Waals surface area contributed by atoms with Crippen molar-refractivity contribution in [2.24, 2.45) is 5.92 Å². The summed E-state index contributed by atoms with van der Waals surface area (Å²) in [6.45, 7) is 2.70. The summed E-state index contributed by atoms with van der Waals surface area (Å²) in [5.41, 5.74) is 1.98. The van der Waals surface area contributed by atoms with Crippen LogP contribution in [0.15, 0.2) is 60.9 Å². The molecule has 176 valence electrons. The van der Waals surface area contributed by atoms with Crippen LogP contribution in [0.25, 0.3) is 0 Å². The molecule has 1 aliphatic rings. The fourth-order valence-corrected chi connectivity index (χ4v) is 3.80. The molecule has 0 unspecified atom stereocenters. The third kappa shape index (κ3) is 6.37. The lowest BCUT2D eigenvalue weighted by Crippen LogP contribution is -2.34. The summed E-state index contributed by atoms with van der Waals surface area (Å²) in [6, 6.07) is 12.5. The molecule has 3 heterocycles. The second-order valence-electron chi connectivity index (χ2n) is 8.26. The minimum Gasteiger partial charge on any atom is -0.423 e. The van der Waals surface area contributed by atoms with Gasteiger partial charge < -0.3 is 25.0 Å². The average molecular weight is 464 g/mol. The van der Waals surface area contributed by atoms with E-state index in [1.54, 1.807) is 24.3 Å². The van der Waals surface area contributed by atoms with Gasteiger partial charge in [-0.15, -0.1) is 0 Å². The molecule has 0 radical (unpaired) electrons. The predicted molar refractivity (Wildman–Crippen MR) is 127 cm³/mol. The van der Waals surface area contributed by atoms with Gasteiger partial charge >= 0.3 is 7.12 Å². The average Bonchev–Trinajstić information content (AvgIpc) is 2.86. The number of anilines is 2. The number of hydrogen-bond donors (Lipinski definition) is 3. The van der Waals surface area contributed by atoms with E-state index in [4.69, 9.17) is 4.74 Å². The smallest absolute Gasteiger partial charge is 0.423 e. The molecule has 2 aromatic heterocycles. The molecular formula is C24H26BFN4O4. The van der Waals surface area contributed by atoms with Crippen LogP contribution in [0.1, 0.15) is 28.9 Å². The van der Waals surface area contributed by atoms with E-state index in [9.17, 15) is 19.2 Å². The highest BCUT2D eigenvalue weighted by Crippen LogP contribution is 2.22. The van der Waals surface area contributed by atoms with Crippen molar-refractivity contribution in [2.75, 3.05) is 30.0 Å². The van der Waals surface area contributed by atoms with Gasteiger partial charge in [0.25, 0.3) is 5.91 Å². The maximum Gasteiger partial charge on any atom is 0.490 e. The van der Waals surface area contributed by atoms with Crippen molar-refractivity contribution >= 4 is 30.0 Å². The molecule has 1 fully saturated rings. The Morgan fingerprint density at radius 1 is 1.06 bits per heavy atom. The van der Waals surface area contributed by atoms with E-state index in [0.29, 0.717) is 35.0 Å². The molecule has 1 aromatic carbocycles. The fraction of sp³-hybridized carbons (Fsp3) is 0.292. The summed E-state index contributed by atoms with van der Waals surface area (Å²) in [7, 11) is -1.56. The van der Waals surface area contributed by atoms with Gasteiger partial charge in [0, 0.05) is 43.3 Å². The molecule has 1 saturated heterocycles. The summed E-state index contributed by atoms with van der Waals surface area (Å²) >= 11 is 0. The van der Waals surface area contributed by atoms with Gasteiger partial charge in [0.2, 0.25) is 0 Å².